The summed E-state index contributed by atoms with van der Waals surface area (Å²) < 4.78 is 15.1. The van der Waals surface area contributed by atoms with Gasteiger partial charge in [0.1, 0.15) is 5.54 Å². The SMILES string of the molecule is COc1cc2c(CO)nn(Cc3cn(C(c4ccccc4)(c4ccccc4)c4ccccc4)cn3)c2cc1OC. The van der Waals surface area contributed by atoms with Crippen molar-refractivity contribution in [3.05, 3.63) is 144 Å². The minimum atomic E-state index is -0.645. The lowest BCUT2D eigenvalue weighted by Crippen LogP contribution is -2.36. The highest BCUT2D eigenvalue weighted by atomic mass is 16.5. The number of hydrogen-bond acceptors (Lipinski definition) is 5. The van der Waals surface area contributed by atoms with E-state index in [1.54, 1.807) is 14.2 Å². The lowest BCUT2D eigenvalue weighted by molar-refractivity contribution is 0.276. The molecule has 2 aromatic heterocycles. The highest BCUT2D eigenvalue weighted by molar-refractivity contribution is 5.85. The van der Waals surface area contributed by atoms with Crippen LogP contribution in [-0.4, -0.2) is 38.7 Å². The summed E-state index contributed by atoms with van der Waals surface area (Å²) in [6.45, 7) is 0.222. The van der Waals surface area contributed by atoms with Gasteiger partial charge in [-0.15, -0.1) is 0 Å². The molecular formula is C33H30N4O3. The molecule has 200 valence electrons. The number of methoxy groups -OCH3 is 2. The molecule has 6 aromatic rings. The van der Waals surface area contributed by atoms with Crippen molar-refractivity contribution in [1.29, 1.82) is 0 Å². The van der Waals surface area contributed by atoms with Crippen molar-refractivity contribution in [3.8, 4) is 11.5 Å². The summed E-state index contributed by atoms with van der Waals surface area (Å²) in [5.41, 5.74) is 4.96. The molecule has 0 aliphatic rings. The van der Waals surface area contributed by atoms with E-state index in [-0.39, 0.29) is 6.61 Å². The maximum Gasteiger partial charge on any atom is 0.162 e. The second-order valence-corrected chi connectivity index (χ2v) is 9.57. The molecule has 7 nitrogen and oxygen atoms in total. The first-order valence-corrected chi connectivity index (χ1v) is 13.1. The second kappa shape index (κ2) is 10.7. The molecule has 0 aliphatic carbocycles. The van der Waals surface area contributed by atoms with E-state index in [1.165, 1.54) is 0 Å². The summed E-state index contributed by atoms with van der Waals surface area (Å²) >= 11 is 0. The topological polar surface area (TPSA) is 74.3 Å². The molecule has 2 heterocycles. The Kier molecular flexibility index (Phi) is 6.80. The molecule has 0 amide bonds. The third-order valence-corrected chi connectivity index (χ3v) is 7.39. The fourth-order valence-electron chi connectivity index (χ4n) is 5.57. The molecule has 0 aliphatic heterocycles. The molecular weight excluding hydrogens is 500 g/mol. The third-order valence-electron chi connectivity index (χ3n) is 7.39. The monoisotopic (exact) mass is 530 g/mol. The zero-order valence-corrected chi connectivity index (χ0v) is 22.4. The van der Waals surface area contributed by atoms with Gasteiger partial charge in [-0.3, -0.25) is 4.68 Å². The van der Waals surface area contributed by atoms with Crippen LogP contribution in [-0.2, 0) is 18.7 Å². The number of fused-ring (bicyclic) bond motifs is 1. The predicted molar refractivity (Wildman–Crippen MR) is 155 cm³/mol. The van der Waals surface area contributed by atoms with Crippen molar-refractivity contribution < 1.29 is 14.6 Å². The first-order valence-electron chi connectivity index (χ1n) is 13.1. The van der Waals surface area contributed by atoms with Crippen molar-refractivity contribution in [2.24, 2.45) is 0 Å². The van der Waals surface area contributed by atoms with E-state index in [4.69, 9.17) is 19.6 Å². The van der Waals surface area contributed by atoms with Crippen molar-refractivity contribution in [2.45, 2.75) is 18.7 Å². The first-order chi connectivity index (χ1) is 19.7. The maximum absolute atomic E-state index is 10.0. The van der Waals surface area contributed by atoms with Crippen molar-refractivity contribution in [3.63, 3.8) is 0 Å². The lowest BCUT2D eigenvalue weighted by atomic mass is 9.77. The van der Waals surface area contributed by atoms with E-state index in [0.717, 1.165) is 33.3 Å². The standard InChI is InChI=1S/C33H30N4O3/c1-39-31-18-28-29(22-38)35-37(30(28)19-32(31)40-2)21-27-20-36(23-34-27)33(24-12-6-3-7-13-24,25-14-8-4-9-15-25)26-16-10-5-11-17-26/h3-20,23,38H,21-22H2,1-2H3. The molecule has 0 atom stereocenters. The number of imidazole rings is 1. The molecule has 0 saturated carbocycles. The molecule has 0 radical (unpaired) electrons. The van der Waals surface area contributed by atoms with Gasteiger partial charge in [0, 0.05) is 17.6 Å². The second-order valence-electron chi connectivity index (χ2n) is 9.57. The molecule has 4 aromatic carbocycles. The average Bonchev–Trinajstić information content (AvgIpc) is 3.63. The fourth-order valence-corrected chi connectivity index (χ4v) is 5.57. The molecule has 6 rings (SSSR count). The van der Waals surface area contributed by atoms with Crippen molar-refractivity contribution in [1.82, 2.24) is 19.3 Å². The number of rotatable bonds is 9. The molecule has 40 heavy (non-hydrogen) atoms. The number of aromatic nitrogens is 4. The van der Waals surface area contributed by atoms with Gasteiger partial charge in [0.2, 0.25) is 0 Å². The Labute approximate surface area is 232 Å². The Balaban J connectivity index is 1.51. The molecule has 7 heteroatoms. The summed E-state index contributed by atoms with van der Waals surface area (Å²) in [4.78, 5) is 4.86. The lowest BCUT2D eigenvalue weighted by Gasteiger charge is -2.37. The van der Waals surface area contributed by atoms with Gasteiger partial charge < -0.3 is 19.1 Å². The number of nitrogens with zero attached hydrogens (tertiary/aromatic N) is 4. The van der Waals surface area contributed by atoms with Gasteiger partial charge in [-0.25, -0.2) is 4.98 Å². The van der Waals surface area contributed by atoms with Crippen LogP contribution < -0.4 is 9.47 Å². The number of aliphatic hydroxyl groups is 1. The van der Waals surface area contributed by atoms with Crippen LogP contribution in [0.15, 0.2) is 116 Å². The van der Waals surface area contributed by atoms with E-state index in [2.05, 4.69) is 83.6 Å². The van der Waals surface area contributed by atoms with E-state index < -0.39 is 5.54 Å². The summed E-state index contributed by atoms with van der Waals surface area (Å²) in [6, 6.07) is 35.2. The molecule has 0 unspecified atom stereocenters. The Hall–Kier alpha value is -4.88. The summed E-state index contributed by atoms with van der Waals surface area (Å²) in [7, 11) is 3.20. The van der Waals surface area contributed by atoms with Crippen LogP contribution in [0.3, 0.4) is 0 Å². The minimum Gasteiger partial charge on any atom is -0.493 e. The highest BCUT2D eigenvalue weighted by Crippen LogP contribution is 2.41. The van der Waals surface area contributed by atoms with E-state index in [9.17, 15) is 5.11 Å². The largest absolute Gasteiger partial charge is 0.493 e. The third kappa shape index (κ3) is 4.21. The van der Waals surface area contributed by atoms with Crippen molar-refractivity contribution >= 4 is 10.9 Å². The molecule has 0 spiro atoms. The zero-order chi connectivity index (χ0) is 27.5. The van der Waals surface area contributed by atoms with Gasteiger partial charge in [-0.1, -0.05) is 91.0 Å². The van der Waals surface area contributed by atoms with Gasteiger partial charge in [0.15, 0.2) is 11.5 Å². The van der Waals surface area contributed by atoms with Gasteiger partial charge >= 0.3 is 0 Å². The summed E-state index contributed by atoms with van der Waals surface area (Å²) in [5, 5.41) is 15.5. The van der Waals surface area contributed by atoms with Gasteiger partial charge in [0.25, 0.3) is 0 Å². The smallest absolute Gasteiger partial charge is 0.162 e. The predicted octanol–water partition coefficient (Wildman–Crippen LogP) is 5.63. The van der Waals surface area contributed by atoms with Crippen LogP contribution >= 0.6 is 0 Å². The van der Waals surface area contributed by atoms with Crippen LogP contribution in [0.4, 0.5) is 0 Å². The number of ether oxygens (including phenoxy) is 2. The maximum atomic E-state index is 10.0. The van der Waals surface area contributed by atoms with Crippen LogP contribution in [0.1, 0.15) is 28.1 Å². The van der Waals surface area contributed by atoms with Crippen LogP contribution in [0.25, 0.3) is 10.9 Å². The van der Waals surface area contributed by atoms with Crippen LogP contribution in [0, 0.1) is 0 Å². The summed E-state index contributed by atoms with van der Waals surface area (Å²) in [5.74, 6) is 1.19. The molecule has 0 bridgehead atoms. The van der Waals surface area contributed by atoms with Gasteiger partial charge in [0.05, 0.1) is 50.6 Å². The van der Waals surface area contributed by atoms with Gasteiger partial charge in [-0.2, -0.15) is 5.10 Å². The van der Waals surface area contributed by atoms with E-state index >= 15 is 0 Å². The number of benzene rings is 4. The fraction of sp³-hybridized carbons (Fsp3) is 0.152. The van der Waals surface area contributed by atoms with Crippen molar-refractivity contribution in [2.75, 3.05) is 14.2 Å². The molecule has 0 fully saturated rings. The number of aliphatic hydroxyl groups excluding tert-OH is 1. The Morgan fingerprint density at radius 3 is 1.77 bits per heavy atom. The van der Waals surface area contributed by atoms with Crippen LogP contribution in [0.2, 0.25) is 0 Å². The normalized spacial score (nSPS) is 11.6. The van der Waals surface area contributed by atoms with Gasteiger partial charge in [-0.05, 0) is 22.8 Å². The molecule has 1 N–H and O–H groups in total. The van der Waals surface area contributed by atoms with E-state index in [1.807, 2.05) is 41.3 Å². The highest BCUT2D eigenvalue weighted by Gasteiger charge is 2.38. The summed E-state index contributed by atoms with van der Waals surface area (Å²) in [6.07, 6.45) is 3.98. The Bertz CT molecular complexity index is 1630. The molecule has 0 saturated heterocycles. The first kappa shape index (κ1) is 25.4. The minimum absolute atomic E-state index is 0.188. The quantitative estimate of drug-likeness (QED) is 0.245. The Morgan fingerprint density at radius 1 is 0.750 bits per heavy atom. The van der Waals surface area contributed by atoms with E-state index in [0.29, 0.717) is 23.7 Å². The van der Waals surface area contributed by atoms with Crippen LogP contribution in [0.5, 0.6) is 11.5 Å². The number of hydrogen-bond donors (Lipinski definition) is 1. The Morgan fingerprint density at radius 2 is 1.27 bits per heavy atom. The average molecular weight is 531 g/mol. The zero-order valence-electron chi connectivity index (χ0n) is 22.4.